The minimum atomic E-state index is -0.224. The number of carbonyl (C=O) groups excluding carboxylic acids is 2. The fourth-order valence-corrected chi connectivity index (χ4v) is 3.78. The van der Waals surface area contributed by atoms with Crippen LogP contribution >= 0.6 is 0 Å². The van der Waals surface area contributed by atoms with E-state index in [4.69, 9.17) is 0 Å². The summed E-state index contributed by atoms with van der Waals surface area (Å²) in [6.07, 6.45) is 1.96. The molecule has 1 aliphatic carbocycles. The maximum Gasteiger partial charge on any atom is 0.255 e. The lowest BCUT2D eigenvalue weighted by Crippen LogP contribution is -2.12. The highest BCUT2D eigenvalue weighted by atomic mass is 16.1. The molecule has 0 bridgehead atoms. The van der Waals surface area contributed by atoms with Crippen LogP contribution in [0.2, 0.25) is 0 Å². The van der Waals surface area contributed by atoms with Gasteiger partial charge in [-0.25, -0.2) is 0 Å². The number of anilines is 1. The number of carbonyl (C=O) groups is 2. The van der Waals surface area contributed by atoms with Gasteiger partial charge in [-0.3, -0.25) is 9.59 Å². The Morgan fingerprint density at radius 1 is 0.852 bits per heavy atom. The lowest BCUT2D eigenvalue weighted by molar-refractivity contribution is 0.102. The Morgan fingerprint density at radius 2 is 1.63 bits per heavy atom. The molecule has 3 aromatic carbocycles. The number of benzene rings is 3. The van der Waals surface area contributed by atoms with Crippen molar-refractivity contribution in [1.29, 1.82) is 0 Å². The third-order valence-corrected chi connectivity index (χ3v) is 5.16. The first-order valence-corrected chi connectivity index (χ1v) is 8.77. The summed E-state index contributed by atoms with van der Waals surface area (Å²) in [5.74, 6) is -0.252. The molecule has 0 saturated heterocycles. The minimum absolute atomic E-state index is 0.0274. The lowest BCUT2D eigenvalue weighted by atomic mass is 10.0. The van der Waals surface area contributed by atoms with Crippen molar-refractivity contribution in [3.63, 3.8) is 0 Å². The first-order valence-electron chi connectivity index (χ1n) is 8.77. The molecule has 1 N–H and O–H groups in total. The van der Waals surface area contributed by atoms with Crippen molar-refractivity contribution < 1.29 is 9.59 Å². The highest BCUT2D eigenvalue weighted by Crippen LogP contribution is 2.36. The molecule has 1 aromatic heterocycles. The summed E-state index contributed by atoms with van der Waals surface area (Å²) in [6.45, 7) is 0. The Labute approximate surface area is 156 Å². The van der Waals surface area contributed by atoms with Gasteiger partial charge in [-0.1, -0.05) is 36.4 Å². The number of rotatable bonds is 2. The van der Waals surface area contributed by atoms with Crippen molar-refractivity contribution in [2.24, 2.45) is 7.05 Å². The largest absolute Gasteiger partial charge is 0.350 e. The number of fused-ring (bicyclic) bond motifs is 4. The van der Waals surface area contributed by atoms with Crippen LogP contribution in [0.5, 0.6) is 0 Å². The number of hydrogen-bond donors (Lipinski definition) is 1. The molecule has 130 valence electrons. The molecule has 1 amide bonds. The first kappa shape index (κ1) is 15.6. The SMILES string of the molecule is Cn1ccc2c(NC(=O)c3ccc4c(c3)C(=O)c3ccccc3-4)cccc21. The van der Waals surface area contributed by atoms with E-state index in [1.54, 1.807) is 12.1 Å². The zero-order valence-electron chi connectivity index (χ0n) is 14.7. The molecule has 0 unspecified atom stereocenters. The fourth-order valence-electron chi connectivity index (χ4n) is 3.78. The summed E-state index contributed by atoms with van der Waals surface area (Å²) in [7, 11) is 1.97. The fraction of sp³-hybridized carbons (Fsp3) is 0.0435. The molecule has 27 heavy (non-hydrogen) atoms. The molecule has 0 aliphatic heterocycles. The lowest BCUT2D eigenvalue weighted by Gasteiger charge is -2.08. The normalized spacial score (nSPS) is 12.1. The molecule has 4 aromatic rings. The third-order valence-electron chi connectivity index (χ3n) is 5.16. The number of ketones is 1. The summed E-state index contributed by atoms with van der Waals surface area (Å²) in [6, 6.07) is 20.7. The van der Waals surface area contributed by atoms with Crippen molar-refractivity contribution in [1.82, 2.24) is 4.57 Å². The van der Waals surface area contributed by atoms with Crippen LogP contribution in [-0.4, -0.2) is 16.3 Å². The predicted octanol–water partition coefficient (Wildman–Crippen LogP) is 4.64. The van der Waals surface area contributed by atoms with E-state index >= 15 is 0 Å². The predicted molar refractivity (Wildman–Crippen MR) is 106 cm³/mol. The maximum absolute atomic E-state index is 12.8. The quantitative estimate of drug-likeness (QED) is 0.503. The van der Waals surface area contributed by atoms with Crippen molar-refractivity contribution in [2.75, 3.05) is 5.32 Å². The molecule has 0 spiro atoms. The summed E-state index contributed by atoms with van der Waals surface area (Å²) < 4.78 is 2.01. The van der Waals surface area contributed by atoms with Gasteiger partial charge in [0, 0.05) is 40.8 Å². The monoisotopic (exact) mass is 352 g/mol. The van der Waals surface area contributed by atoms with Gasteiger partial charge in [0.15, 0.2) is 5.78 Å². The summed E-state index contributed by atoms with van der Waals surface area (Å²) >= 11 is 0. The van der Waals surface area contributed by atoms with E-state index in [0.29, 0.717) is 16.7 Å². The van der Waals surface area contributed by atoms with Crippen LogP contribution in [0.3, 0.4) is 0 Å². The number of aromatic nitrogens is 1. The van der Waals surface area contributed by atoms with E-state index in [2.05, 4.69) is 5.32 Å². The number of amides is 1. The van der Waals surface area contributed by atoms with Crippen LogP contribution in [-0.2, 0) is 7.05 Å². The Bertz CT molecular complexity index is 1250. The molecular formula is C23H16N2O2. The second kappa shape index (κ2) is 5.68. The molecular weight excluding hydrogens is 336 g/mol. The topological polar surface area (TPSA) is 51.1 Å². The number of aryl methyl sites for hydroxylation is 1. The highest BCUT2D eigenvalue weighted by molar-refractivity contribution is 6.22. The van der Waals surface area contributed by atoms with Crippen LogP contribution in [0, 0.1) is 0 Å². The van der Waals surface area contributed by atoms with Crippen molar-refractivity contribution in [2.45, 2.75) is 0 Å². The standard InChI is InChI=1S/C23H16N2O2/c1-25-12-11-18-20(7-4-8-21(18)25)24-23(27)14-9-10-16-15-5-2-3-6-17(15)22(26)19(16)13-14/h2-13H,1H3,(H,24,27). The molecule has 5 rings (SSSR count). The van der Waals surface area contributed by atoms with Crippen molar-refractivity contribution in [3.05, 3.63) is 89.6 Å². The van der Waals surface area contributed by atoms with Gasteiger partial charge >= 0.3 is 0 Å². The third kappa shape index (κ3) is 2.30. The number of hydrogen-bond acceptors (Lipinski definition) is 2. The minimum Gasteiger partial charge on any atom is -0.350 e. The number of nitrogens with one attached hydrogen (secondary N) is 1. The van der Waals surface area contributed by atoms with Gasteiger partial charge in [0.2, 0.25) is 0 Å². The Balaban J connectivity index is 1.51. The zero-order chi connectivity index (χ0) is 18.5. The van der Waals surface area contributed by atoms with E-state index < -0.39 is 0 Å². The summed E-state index contributed by atoms with van der Waals surface area (Å²) in [5, 5.41) is 3.96. The molecule has 0 fully saturated rings. The average Bonchev–Trinajstić information content (AvgIpc) is 3.21. The van der Waals surface area contributed by atoms with E-state index in [1.807, 2.05) is 72.4 Å². The molecule has 0 saturated carbocycles. The molecule has 1 aliphatic rings. The highest BCUT2D eigenvalue weighted by Gasteiger charge is 2.27. The summed E-state index contributed by atoms with van der Waals surface area (Å²) in [5.41, 5.74) is 5.38. The van der Waals surface area contributed by atoms with E-state index in [0.717, 1.165) is 27.7 Å². The molecule has 4 heteroatoms. The zero-order valence-corrected chi connectivity index (χ0v) is 14.7. The smallest absolute Gasteiger partial charge is 0.255 e. The van der Waals surface area contributed by atoms with Gasteiger partial charge < -0.3 is 9.88 Å². The van der Waals surface area contributed by atoms with E-state index in [9.17, 15) is 9.59 Å². The van der Waals surface area contributed by atoms with Gasteiger partial charge in [0.25, 0.3) is 5.91 Å². The van der Waals surface area contributed by atoms with E-state index in [-0.39, 0.29) is 11.7 Å². The van der Waals surface area contributed by atoms with Gasteiger partial charge in [-0.15, -0.1) is 0 Å². The van der Waals surface area contributed by atoms with Gasteiger partial charge in [-0.05, 0) is 41.5 Å². The Hall–Kier alpha value is -3.66. The van der Waals surface area contributed by atoms with Crippen LogP contribution in [0.1, 0.15) is 26.3 Å². The van der Waals surface area contributed by atoms with E-state index in [1.165, 1.54) is 0 Å². The second-order valence-corrected chi connectivity index (χ2v) is 6.75. The van der Waals surface area contributed by atoms with Crippen molar-refractivity contribution >= 4 is 28.3 Å². The molecule has 0 radical (unpaired) electrons. The summed E-state index contributed by atoms with van der Waals surface area (Å²) in [4.78, 5) is 25.5. The van der Waals surface area contributed by atoms with Gasteiger partial charge in [0.05, 0.1) is 5.69 Å². The van der Waals surface area contributed by atoms with Crippen LogP contribution in [0.15, 0.2) is 72.9 Å². The van der Waals surface area contributed by atoms with Gasteiger partial charge in [-0.2, -0.15) is 0 Å². The molecule has 1 heterocycles. The molecule has 4 nitrogen and oxygen atoms in total. The first-order chi connectivity index (χ1) is 13.1. The second-order valence-electron chi connectivity index (χ2n) is 6.75. The van der Waals surface area contributed by atoms with Crippen LogP contribution in [0.25, 0.3) is 22.0 Å². The van der Waals surface area contributed by atoms with Crippen LogP contribution < -0.4 is 5.32 Å². The van der Waals surface area contributed by atoms with Crippen molar-refractivity contribution in [3.8, 4) is 11.1 Å². The average molecular weight is 352 g/mol. The molecule has 0 atom stereocenters. The number of nitrogens with zero attached hydrogens (tertiary/aromatic N) is 1. The maximum atomic E-state index is 12.8. The Kier molecular flexibility index (Phi) is 3.28. The van der Waals surface area contributed by atoms with Gasteiger partial charge in [0.1, 0.15) is 0 Å². The Morgan fingerprint density at radius 3 is 2.48 bits per heavy atom. The van der Waals surface area contributed by atoms with Crippen LogP contribution in [0.4, 0.5) is 5.69 Å².